The number of hydrogen-bond donors (Lipinski definition) is 3. The van der Waals surface area contributed by atoms with E-state index in [0.717, 1.165) is 17.3 Å². The predicted octanol–water partition coefficient (Wildman–Crippen LogP) is 5.29. The largest absolute Gasteiger partial charge is 0.320 e. The van der Waals surface area contributed by atoms with Crippen molar-refractivity contribution in [3.63, 3.8) is 0 Å². The molecule has 10 heteroatoms. The van der Waals surface area contributed by atoms with Crippen LogP contribution < -0.4 is 9.62 Å². The topological polar surface area (TPSA) is 59.0 Å². The number of hydrogen-bond acceptors (Lipinski definition) is 5. The molecule has 0 aromatic heterocycles. The maximum atomic E-state index is 14.5. The number of rotatable bonds is 6. The summed E-state index contributed by atoms with van der Waals surface area (Å²) in [7, 11) is -1.97. The Balaban J connectivity index is 2.08. The first-order valence-corrected chi connectivity index (χ1v) is 10.5. The molecule has 5 nitrogen and oxygen atoms in total. The van der Waals surface area contributed by atoms with E-state index in [0.29, 0.717) is 29.1 Å². The van der Waals surface area contributed by atoms with Crippen molar-refractivity contribution in [1.29, 1.82) is 0 Å². The van der Waals surface area contributed by atoms with Gasteiger partial charge in [0.2, 0.25) is 0 Å². The van der Waals surface area contributed by atoms with E-state index >= 15 is 0 Å². The van der Waals surface area contributed by atoms with Gasteiger partial charge in [-0.25, -0.2) is 17.5 Å². The van der Waals surface area contributed by atoms with Crippen LogP contribution in [0.2, 0.25) is 5.02 Å². The highest BCUT2D eigenvalue weighted by Gasteiger charge is 2.40. The highest BCUT2D eigenvalue weighted by molar-refractivity contribution is 8.23. The zero-order valence-electron chi connectivity index (χ0n) is 15.1. The van der Waals surface area contributed by atoms with E-state index in [9.17, 15) is 22.3 Å². The molecule has 1 aliphatic heterocycles. The molecule has 3 N–H and O–H groups in total. The Morgan fingerprint density at radius 2 is 1.79 bits per heavy atom. The van der Waals surface area contributed by atoms with Gasteiger partial charge in [-0.3, -0.25) is 9.11 Å². The van der Waals surface area contributed by atoms with Gasteiger partial charge in [-0.15, -0.1) is 0 Å². The SMILES string of the molecule is CNCCCCN1Cc2cc(Cl)ccc2N(c2c(F)cc(F)cc2F)S1(O)O. The van der Waals surface area contributed by atoms with Crippen molar-refractivity contribution >= 4 is 33.9 Å². The molecule has 0 radical (unpaired) electrons. The molecule has 1 aliphatic rings. The van der Waals surface area contributed by atoms with Gasteiger partial charge in [0, 0.05) is 30.2 Å². The Morgan fingerprint density at radius 1 is 1.11 bits per heavy atom. The minimum atomic E-state index is -3.79. The van der Waals surface area contributed by atoms with Gasteiger partial charge in [0.1, 0.15) is 11.5 Å². The van der Waals surface area contributed by atoms with Crippen molar-refractivity contribution in [1.82, 2.24) is 9.62 Å². The number of nitrogens with zero attached hydrogens (tertiary/aromatic N) is 2. The molecule has 28 heavy (non-hydrogen) atoms. The van der Waals surface area contributed by atoms with Crippen LogP contribution in [0.1, 0.15) is 18.4 Å². The average molecular weight is 436 g/mol. The number of fused-ring (bicyclic) bond motifs is 1. The zero-order valence-corrected chi connectivity index (χ0v) is 16.7. The minimum Gasteiger partial charge on any atom is -0.320 e. The van der Waals surface area contributed by atoms with Gasteiger partial charge in [0.15, 0.2) is 11.6 Å². The maximum Gasteiger partial charge on any atom is 0.154 e. The zero-order chi connectivity index (χ0) is 20.5. The lowest BCUT2D eigenvalue weighted by Crippen LogP contribution is -2.42. The van der Waals surface area contributed by atoms with Crippen molar-refractivity contribution in [2.45, 2.75) is 19.4 Å². The summed E-state index contributed by atoms with van der Waals surface area (Å²) in [6.45, 7) is 1.19. The summed E-state index contributed by atoms with van der Waals surface area (Å²) in [6.07, 6.45) is 1.42. The molecule has 2 aromatic rings. The molecule has 1 heterocycles. The normalized spacial score (nSPS) is 17.5. The van der Waals surface area contributed by atoms with Crippen molar-refractivity contribution in [3.05, 3.63) is 58.4 Å². The van der Waals surface area contributed by atoms with E-state index in [-0.39, 0.29) is 18.8 Å². The van der Waals surface area contributed by atoms with Gasteiger partial charge in [-0.2, -0.15) is 4.31 Å². The fourth-order valence-corrected chi connectivity index (χ4v) is 5.14. The van der Waals surface area contributed by atoms with Crippen LogP contribution in [-0.4, -0.2) is 33.5 Å². The van der Waals surface area contributed by atoms with E-state index in [2.05, 4.69) is 5.32 Å². The fourth-order valence-electron chi connectivity index (χ4n) is 3.17. The molecule has 0 saturated carbocycles. The molecular weight excluding hydrogens is 415 g/mol. The number of anilines is 2. The summed E-state index contributed by atoms with van der Waals surface area (Å²) in [5.74, 6) is -3.54. The number of benzene rings is 2. The Morgan fingerprint density at radius 3 is 2.43 bits per heavy atom. The summed E-state index contributed by atoms with van der Waals surface area (Å²) in [5, 5.41) is 3.41. The Labute approximate surface area is 168 Å². The van der Waals surface area contributed by atoms with Crippen LogP contribution in [-0.2, 0) is 6.54 Å². The summed E-state index contributed by atoms with van der Waals surface area (Å²) in [4.78, 5) is 0. The molecular formula is C18H21ClF3N3O2S. The first kappa shape index (κ1) is 21.2. The van der Waals surface area contributed by atoms with Gasteiger partial charge in [0.25, 0.3) is 0 Å². The second-order valence-electron chi connectivity index (χ2n) is 6.45. The van der Waals surface area contributed by atoms with Crippen molar-refractivity contribution < 1.29 is 22.3 Å². The lowest BCUT2D eigenvalue weighted by atomic mass is 10.1. The molecule has 0 spiro atoms. The smallest absolute Gasteiger partial charge is 0.154 e. The molecule has 0 fully saturated rings. The third-order valence-corrected chi connectivity index (χ3v) is 6.58. The molecule has 154 valence electrons. The van der Waals surface area contributed by atoms with E-state index in [1.807, 2.05) is 7.05 Å². The Kier molecular flexibility index (Phi) is 6.43. The molecule has 0 aliphatic carbocycles. The Hall–Kier alpha value is -1.49. The van der Waals surface area contributed by atoms with Gasteiger partial charge in [-0.1, -0.05) is 11.6 Å². The molecule has 0 atom stereocenters. The Bertz CT molecular complexity index is 849. The number of halogens is 4. The van der Waals surface area contributed by atoms with Crippen LogP contribution in [0.4, 0.5) is 24.5 Å². The van der Waals surface area contributed by atoms with E-state index in [1.165, 1.54) is 16.4 Å². The highest BCUT2D eigenvalue weighted by Crippen LogP contribution is 2.59. The van der Waals surface area contributed by atoms with Gasteiger partial charge in [0.05, 0.1) is 5.69 Å². The monoisotopic (exact) mass is 435 g/mol. The molecule has 0 saturated heterocycles. The van der Waals surface area contributed by atoms with Crippen molar-refractivity contribution in [2.75, 3.05) is 24.4 Å². The minimum absolute atomic E-state index is 0.152. The lowest BCUT2D eigenvalue weighted by Gasteiger charge is -2.53. The first-order valence-electron chi connectivity index (χ1n) is 8.67. The van der Waals surface area contributed by atoms with Gasteiger partial charge >= 0.3 is 0 Å². The van der Waals surface area contributed by atoms with Crippen LogP contribution >= 0.6 is 22.6 Å². The molecule has 0 unspecified atom stereocenters. The van der Waals surface area contributed by atoms with E-state index < -0.39 is 34.1 Å². The van der Waals surface area contributed by atoms with Gasteiger partial charge < -0.3 is 5.32 Å². The van der Waals surface area contributed by atoms with Crippen LogP contribution in [0.15, 0.2) is 30.3 Å². The second-order valence-corrected chi connectivity index (χ2v) is 8.75. The molecule has 3 rings (SSSR count). The van der Waals surface area contributed by atoms with Crippen LogP contribution in [0.3, 0.4) is 0 Å². The van der Waals surface area contributed by atoms with Crippen molar-refractivity contribution in [3.8, 4) is 0 Å². The summed E-state index contributed by atoms with van der Waals surface area (Å²) in [6, 6.07) is 5.58. The third kappa shape index (κ3) is 4.10. The predicted molar refractivity (Wildman–Crippen MR) is 106 cm³/mol. The number of nitrogens with one attached hydrogen (secondary N) is 1. The summed E-state index contributed by atoms with van der Waals surface area (Å²) < 4.78 is 66.5. The fraction of sp³-hybridized carbons (Fsp3) is 0.333. The average Bonchev–Trinajstić information content (AvgIpc) is 2.60. The third-order valence-electron chi connectivity index (χ3n) is 4.47. The summed E-state index contributed by atoms with van der Waals surface area (Å²) >= 11 is 6.06. The standard InChI is InChI=1S/C18H21ClF3N3O2S/c1-23-6-2-3-7-24-11-12-8-13(19)4-5-17(12)25(28(24,26)27)18-15(21)9-14(20)10-16(18)22/h4-5,8-10,23,26-27H,2-3,6-7,11H2,1H3. The van der Waals surface area contributed by atoms with E-state index in [1.54, 1.807) is 6.07 Å². The first-order chi connectivity index (χ1) is 13.3. The van der Waals surface area contributed by atoms with E-state index in [4.69, 9.17) is 11.6 Å². The van der Waals surface area contributed by atoms with Gasteiger partial charge in [-0.05, 0) is 61.2 Å². The van der Waals surface area contributed by atoms with Crippen LogP contribution in [0, 0.1) is 17.5 Å². The summed E-state index contributed by atoms with van der Waals surface area (Å²) in [5.41, 5.74) is 0.0700. The number of unbranched alkanes of at least 4 members (excludes halogenated alkanes) is 1. The lowest BCUT2D eigenvalue weighted by molar-refractivity contribution is 0.329. The molecule has 0 bridgehead atoms. The van der Waals surface area contributed by atoms with Crippen molar-refractivity contribution in [2.24, 2.45) is 0 Å². The highest BCUT2D eigenvalue weighted by atomic mass is 35.5. The molecule has 0 amide bonds. The van der Waals surface area contributed by atoms with Crippen LogP contribution in [0.25, 0.3) is 0 Å². The van der Waals surface area contributed by atoms with Crippen LogP contribution in [0.5, 0.6) is 0 Å². The second kappa shape index (κ2) is 8.48. The molecule has 2 aromatic carbocycles. The quantitative estimate of drug-likeness (QED) is 0.538. The maximum absolute atomic E-state index is 14.5.